The molecule has 1 aliphatic carbocycles. The third-order valence-electron chi connectivity index (χ3n) is 3.99. The predicted molar refractivity (Wildman–Crippen MR) is 81.2 cm³/mol. The van der Waals surface area contributed by atoms with E-state index in [0.717, 1.165) is 18.8 Å². The first-order valence-electron chi connectivity index (χ1n) is 7.26. The maximum Gasteiger partial charge on any atom is 0.128 e. The van der Waals surface area contributed by atoms with Crippen molar-refractivity contribution in [3.05, 3.63) is 42.5 Å². The first-order chi connectivity index (χ1) is 9.81. The van der Waals surface area contributed by atoms with Crippen molar-refractivity contribution in [3.8, 4) is 5.75 Å². The largest absolute Gasteiger partial charge is 0.488 e. The molecule has 3 nitrogen and oxygen atoms in total. The Kier molecular flexibility index (Phi) is 3.90. The lowest BCUT2D eigenvalue weighted by Gasteiger charge is -2.43. The number of nitrogens with one attached hydrogen (secondary N) is 1. The summed E-state index contributed by atoms with van der Waals surface area (Å²) in [5.74, 6) is 0.924. The first-order valence-corrected chi connectivity index (χ1v) is 7.26. The molecule has 0 radical (unpaired) electrons. The number of likely N-dealkylation sites (N-methyl/N-ethyl adjacent to an activating group) is 1. The van der Waals surface area contributed by atoms with Crippen LogP contribution in [-0.4, -0.2) is 31.9 Å². The van der Waals surface area contributed by atoms with Crippen LogP contribution in [-0.2, 0) is 4.74 Å². The summed E-state index contributed by atoms with van der Waals surface area (Å²) >= 11 is 0. The Morgan fingerprint density at radius 1 is 1.15 bits per heavy atom. The number of fused-ring (bicyclic) bond motifs is 1. The van der Waals surface area contributed by atoms with Crippen molar-refractivity contribution in [1.29, 1.82) is 0 Å². The fourth-order valence-electron chi connectivity index (χ4n) is 2.81. The van der Waals surface area contributed by atoms with Gasteiger partial charge in [0, 0.05) is 19.1 Å². The molecule has 0 amide bonds. The van der Waals surface area contributed by atoms with Crippen molar-refractivity contribution >= 4 is 10.8 Å². The van der Waals surface area contributed by atoms with E-state index < -0.39 is 0 Å². The Morgan fingerprint density at radius 3 is 2.70 bits per heavy atom. The number of rotatable bonds is 5. The van der Waals surface area contributed by atoms with E-state index in [9.17, 15) is 0 Å². The van der Waals surface area contributed by atoms with Gasteiger partial charge in [0.2, 0.25) is 0 Å². The third kappa shape index (κ3) is 2.51. The minimum atomic E-state index is 0.147. The van der Waals surface area contributed by atoms with E-state index in [0.29, 0.717) is 6.04 Å². The molecule has 0 aromatic heterocycles. The normalized spacial score (nSPS) is 25.4. The minimum absolute atomic E-state index is 0.147. The Labute approximate surface area is 119 Å². The van der Waals surface area contributed by atoms with Crippen LogP contribution < -0.4 is 10.1 Å². The van der Waals surface area contributed by atoms with Gasteiger partial charge in [-0.1, -0.05) is 30.3 Å². The highest BCUT2D eigenvalue weighted by atomic mass is 16.5. The van der Waals surface area contributed by atoms with Gasteiger partial charge in [-0.05, 0) is 36.9 Å². The molecular weight excluding hydrogens is 250 g/mol. The summed E-state index contributed by atoms with van der Waals surface area (Å²) in [4.78, 5) is 0. The molecule has 0 aliphatic heterocycles. The highest BCUT2D eigenvalue weighted by Gasteiger charge is 2.42. The molecule has 3 heteroatoms. The van der Waals surface area contributed by atoms with Crippen LogP contribution in [0.2, 0.25) is 0 Å². The maximum absolute atomic E-state index is 6.09. The molecule has 3 atom stereocenters. The second kappa shape index (κ2) is 5.81. The number of hydrogen-bond donors (Lipinski definition) is 1. The van der Waals surface area contributed by atoms with Crippen molar-refractivity contribution < 1.29 is 9.47 Å². The van der Waals surface area contributed by atoms with Gasteiger partial charge >= 0.3 is 0 Å². The van der Waals surface area contributed by atoms with E-state index in [1.807, 2.05) is 20.0 Å². The molecule has 2 aromatic carbocycles. The maximum atomic E-state index is 6.09. The van der Waals surface area contributed by atoms with Crippen LogP contribution >= 0.6 is 0 Å². The second-order valence-electron chi connectivity index (χ2n) is 5.22. The van der Waals surface area contributed by atoms with E-state index in [4.69, 9.17) is 9.47 Å². The lowest BCUT2D eigenvalue weighted by Crippen LogP contribution is -2.60. The van der Waals surface area contributed by atoms with Crippen molar-refractivity contribution in [2.75, 3.05) is 13.7 Å². The summed E-state index contributed by atoms with van der Waals surface area (Å²) in [6, 6.07) is 15.0. The van der Waals surface area contributed by atoms with Gasteiger partial charge < -0.3 is 14.8 Å². The Balaban J connectivity index is 1.73. The van der Waals surface area contributed by atoms with Gasteiger partial charge in [0.05, 0.1) is 0 Å². The molecule has 2 aromatic rings. The van der Waals surface area contributed by atoms with Crippen molar-refractivity contribution in [1.82, 2.24) is 5.32 Å². The van der Waals surface area contributed by atoms with Gasteiger partial charge in [-0.15, -0.1) is 0 Å². The Hall–Kier alpha value is -1.58. The minimum Gasteiger partial charge on any atom is -0.488 e. The van der Waals surface area contributed by atoms with Gasteiger partial charge in [-0.3, -0.25) is 0 Å². The van der Waals surface area contributed by atoms with Crippen LogP contribution in [0.25, 0.3) is 10.8 Å². The lowest BCUT2D eigenvalue weighted by atomic mass is 9.85. The molecule has 0 heterocycles. The summed E-state index contributed by atoms with van der Waals surface area (Å²) in [6.07, 6.45) is 1.29. The van der Waals surface area contributed by atoms with Gasteiger partial charge in [0.25, 0.3) is 0 Å². The zero-order valence-electron chi connectivity index (χ0n) is 12.0. The predicted octanol–water partition coefficient (Wildman–Crippen LogP) is 2.98. The van der Waals surface area contributed by atoms with Gasteiger partial charge in [-0.2, -0.15) is 0 Å². The van der Waals surface area contributed by atoms with E-state index in [-0.39, 0.29) is 12.2 Å². The fraction of sp³-hybridized carbons (Fsp3) is 0.412. The number of hydrogen-bond acceptors (Lipinski definition) is 3. The van der Waals surface area contributed by atoms with Crippen molar-refractivity contribution in [3.63, 3.8) is 0 Å². The summed E-state index contributed by atoms with van der Waals surface area (Å²) in [5, 5.41) is 5.73. The summed E-state index contributed by atoms with van der Waals surface area (Å²) in [5.41, 5.74) is 0. The van der Waals surface area contributed by atoms with Crippen LogP contribution in [0.15, 0.2) is 42.5 Å². The standard InChI is InChI=1S/C17H21NO2/c1-3-19-17-15(18-2)11-16(17)20-14-9-8-12-6-4-5-7-13(12)10-14/h4-10,15-18H,3,11H2,1-2H3. The van der Waals surface area contributed by atoms with Gasteiger partial charge in [0.1, 0.15) is 18.0 Å². The van der Waals surface area contributed by atoms with Crippen LogP contribution in [0.5, 0.6) is 5.75 Å². The molecule has 106 valence electrons. The molecule has 3 rings (SSSR count). The smallest absolute Gasteiger partial charge is 0.128 e. The molecule has 3 unspecified atom stereocenters. The summed E-state index contributed by atoms with van der Waals surface area (Å²) in [7, 11) is 1.98. The van der Waals surface area contributed by atoms with Crippen molar-refractivity contribution in [2.24, 2.45) is 0 Å². The first kappa shape index (κ1) is 13.4. The Morgan fingerprint density at radius 2 is 1.95 bits per heavy atom. The van der Waals surface area contributed by atoms with E-state index >= 15 is 0 Å². The number of benzene rings is 2. The van der Waals surface area contributed by atoms with Crippen LogP contribution in [0.3, 0.4) is 0 Å². The zero-order valence-corrected chi connectivity index (χ0v) is 12.0. The molecule has 1 aliphatic rings. The topological polar surface area (TPSA) is 30.5 Å². The molecule has 1 fully saturated rings. The molecule has 1 N–H and O–H groups in total. The molecule has 0 bridgehead atoms. The molecular formula is C17H21NO2. The van der Waals surface area contributed by atoms with E-state index in [2.05, 4.69) is 41.7 Å². The van der Waals surface area contributed by atoms with Gasteiger partial charge in [-0.25, -0.2) is 0 Å². The molecule has 0 spiro atoms. The lowest BCUT2D eigenvalue weighted by molar-refractivity contribution is -0.103. The quantitative estimate of drug-likeness (QED) is 0.907. The average Bonchev–Trinajstić information content (AvgIpc) is 2.48. The van der Waals surface area contributed by atoms with Crippen molar-refractivity contribution in [2.45, 2.75) is 31.6 Å². The summed E-state index contributed by atoms with van der Waals surface area (Å²) in [6.45, 7) is 2.75. The second-order valence-corrected chi connectivity index (χ2v) is 5.22. The molecule has 20 heavy (non-hydrogen) atoms. The highest BCUT2D eigenvalue weighted by molar-refractivity contribution is 5.83. The summed E-state index contributed by atoms with van der Waals surface area (Å²) < 4.78 is 11.9. The average molecular weight is 271 g/mol. The third-order valence-corrected chi connectivity index (χ3v) is 3.99. The SMILES string of the molecule is CCOC1C(NC)CC1Oc1ccc2ccccc2c1. The molecule has 0 saturated heterocycles. The monoisotopic (exact) mass is 271 g/mol. The highest BCUT2D eigenvalue weighted by Crippen LogP contribution is 2.30. The van der Waals surface area contributed by atoms with E-state index in [1.165, 1.54) is 10.8 Å². The number of ether oxygens (including phenoxy) is 2. The molecule has 1 saturated carbocycles. The van der Waals surface area contributed by atoms with Crippen LogP contribution in [0.4, 0.5) is 0 Å². The Bertz CT molecular complexity index is 584. The van der Waals surface area contributed by atoms with Crippen LogP contribution in [0, 0.1) is 0 Å². The van der Waals surface area contributed by atoms with E-state index in [1.54, 1.807) is 0 Å². The fourth-order valence-corrected chi connectivity index (χ4v) is 2.81. The zero-order chi connectivity index (χ0) is 13.9. The van der Waals surface area contributed by atoms with Crippen LogP contribution in [0.1, 0.15) is 13.3 Å². The van der Waals surface area contributed by atoms with Gasteiger partial charge in [0.15, 0.2) is 0 Å².